The molecule has 0 aliphatic carbocycles. The van der Waals surface area contributed by atoms with E-state index in [0.29, 0.717) is 0 Å². The van der Waals surface area contributed by atoms with Crippen molar-refractivity contribution in [3.63, 3.8) is 0 Å². The van der Waals surface area contributed by atoms with Crippen molar-refractivity contribution in [2.75, 3.05) is 25.0 Å². The highest BCUT2D eigenvalue weighted by atomic mass is 19.3. The number of carbonyl (C=O) groups excluding carboxylic acids is 1. The predicted molar refractivity (Wildman–Crippen MR) is 129 cm³/mol. The number of anilines is 1. The third kappa shape index (κ3) is 4.91. The summed E-state index contributed by atoms with van der Waals surface area (Å²) in [6.45, 7) is 0.650. The van der Waals surface area contributed by atoms with E-state index in [2.05, 4.69) is 46.7 Å². The van der Waals surface area contributed by atoms with Crippen molar-refractivity contribution in [3.8, 4) is 0 Å². The summed E-state index contributed by atoms with van der Waals surface area (Å²) < 4.78 is 26.5. The quantitative estimate of drug-likeness (QED) is 0.394. The molecule has 0 atom stereocenters. The molecule has 0 unspecified atom stereocenters. The number of amides is 1. The molecule has 1 aromatic heterocycles. The number of likely N-dealkylation sites (tertiary alicyclic amines) is 1. The van der Waals surface area contributed by atoms with Gasteiger partial charge in [-0.15, -0.1) is 0 Å². The molecule has 0 radical (unpaired) electrons. The number of hydrogen-bond donors (Lipinski definition) is 2. The van der Waals surface area contributed by atoms with Gasteiger partial charge in [0.2, 0.25) is 5.91 Å². The van der Waals surface area contributed by atoms with Crippen molar-refractivity contribution in [3.05, 3.63) is 77.9 Å². The van der Waals surface area contributed by atoms with E-state index in [9.17, 15) is 13.6 Å². The lowest BCUT2D eigenvalue weighted by Gasteiger charge is -2.31. The minimum absolute atomic E-state index is 0.145. The van der Waals surface area contributed by atoms with Gasteiger partial charge in [-0.2, -0.15) is 0 Å². The predicted octanol–water partition coefficient (Wildman–Crippen LogP) is 5.78. The fraction of sp³-hybridized carbons (Fsp3) is 0.296. The van der Waals surface area contributed by atoms with Crippen molar-refractivity contribution in [1.82, 2.24) is 9.88 Å². The third-order valence-corrected chi connectivity index (χ3v) is 6.50. The van der Waals surface area contributed by atoms with E-state index in [1.54, 1.807) is 4.90 Å². The van der Waals surface area contributed by atoms with Crippen LogP contribution in [0, 0.1) is 0 Å². The second-order valence-corrected chi connectivity index (χ2v) is 8.89. The Morgan fingerprint density at radius 1 is 0.909 bits per heavy atom. The Morgan fingerprint density at radius 2 is 1.64 bits per heavy atom. The maximum atomic E-state index is 13.3. The van der Waals surface area contributed by atoms with Gasteiger partial charge >= 0.3 is 0 Å². The molecule has 0 spiro atoms. The van der Waals surface area contributed by atoms with Gasteiger partial charge in [-0.3, -0.25) is 9.69 Å². The number of piperidine rings is 1. The monoisotopic (exact) mass is 447 g/mol. The molecule has 1 fully saturated rings. The second kappa shape index (κ2) is 8.94. The van der Waals surface area contributed by atoms with Crippen LogP contribution in [0.3, 0.4) is 0 Å². The molecular formula is C27H27F2N3O. The number of nitrogens with one attached hydrogen (secondary N) is 2. The van der Waals surface area contributed by atoms with Crippen molar-refractivity contribution < 1.29 is 13.6 Å². The molecule has 0 saturated carbocycles. The first-order chi connectivity index (χ1) is 16.0. The van der Waals surface area contributed by atoms with Crippen LogP contribution in [0.5, 0.6) is 0 Å². The van der Waals surface area contributed by atoms with Crippen LogP contribution in [0.1, 0.15) is 24.0 Å². The SMILES string of the molecule is O=C(CN1CCC(F)(F)CC1)Nc1ccc(CCc2cccc3c2[nH]c2ccccc23)cc1. The first kappa shape index (κ1) is 21.6. The van der Waals surface area contributed by atoms with Gasteiger partial charge in [0.25, 0.3) is 5.92 Å². The van der Waals surface area contributed by atoms with Crippen molar-refractivity contribution >= 4 is 33.4 Å². The zero-order valence-electron chi connectivity index (χ0n) is 18.4. The molecule has 0 bridgehead atoms. The third-order valence-electron chi connectivity index (χ3n) is 6.50. The van der Waals surface area contributed by atoms with Crippen LogP contribution in [0.4, 0.5) is 14.5 Å². The molecule has 33 heavy (non-hydrogen) atoms. The molecule has 4 nitrogen and oxygen atoms in total. The number of aryl methyl sites for hydroxylation is 2. The highest BCUT2D eigenvalue weighted by Crippen LogP contribution is 2.29. The van der Waals surface area contributed by atoms with E-state index in [0.717, 1.165) is 24.0 Å². The number of rotatable bonds is 6. The molecule has 1 aliphatic rings. The van der Waals surface area contributed by atoms with E-state index in [4.69, 9.17) is 0 Å². The van der Waals surface area contributed by atoms with Gasteiger partial charge in [-0.25, -0.2) is 8.78 Å². The molecule has 4 aromatic rings. The molecule has 5 rings (SSSR count). The van der Waals surface area contributed by atoms with E-state index < -0.39 is 5.92 Å². The van der Waals surface area contributed by atoms with Gasteiger partial charge in [0, 0.05) is 53.4 Å². The molecule has 1 aliphatic heterocycles. The fourth-order valence-electron chi connectivity index (χ4n) is 4.62. The molecule has 1 saturated heterocycles. The van der Waals surface area contributed by atoms with Crippen molar-refractivity contribution in [1.29, 1.82) is 0 Å². The second-order valence-electron chi connectivity index (χ2n) is 8.89. The fourth-order valence-corrected chi connectivity index (χ4v) is 4.62. The number of fused-ring (bicyclic) bond motifs is 3. The summed E-state index contributed by atoms with van der Waals surface area (Å²) >= 11 is 0. The summed E-state index contributed by atoms with van der Waals surface area (Å²) in [5.74, 6) is -2.76. The van der Waals surface area contributed by atoms with Crippen molar-refractivity contribution in [2.45, 2.75) is 31.6 Å². The van der Waals surface area contributed by atoms with Gasteiger partial charge in [-0.05, 0) is 42.2 Å². The number of aromatic nitrogens is 1. The number of benzene rings is 3. The smallest absolute Gasteiger partial charge is 0.250 e. The van der Waals surface area contributed by atoms with E-state index in [-0.39, 0.29) is 38.4 Å². The standard InChI is InChI=1S/C27H27F2N3O/c28-27(29)14-16-32(17-15-27)18-25(33)30-21-12-9-19(10-13-21)8-11-20-4-3-6-23-22-5-1-2-7-24(22)31-26(20)23/h1-7,9-10,12-13,31H,8,11,14-18H2,(H,30,33). The van der Waals surface area contributed by atoms with Crippen LogP contribution >= 0.6 is 0 Å². The summed E-state index contributed by atoms with van der Waals surface area (Å²) in [4.78, 5) is 17.6. The van der Waals surface area contributed by atoms with Gasteiger partial charge in [-0.1, -0.05) is 48.5 Å². The molecule has 3 aromatic carbocycles. The molecule has 1 amide bonds. The van der Waals surface area contributed by atoms with Crippen molar-refractivity contribution in [2.24, 2.45) is 0 Å². The van der Waals surface area contributed by atoms with Gasteiger partial charge in [0.05, 0.1) is 6.54 Å². The number of carbonyl (C=O) groups is 1. The Balaban J connectivity index is 1.18. The molecule has 2 N–H and O–H groups in total. The lowest BCUT2D eigenvalue weighted by Crippen LogP contribution is -2.42. The Kier molecular flexibility index (Phi) is 5.85. The Labute approximate surface area is 191 Å². The van der Waals surface area contributed by atoms with Gasteiger partial charge in [0.1, 0.15) is 0 Å². The van der Waals surface area contributed by atoms with Crippen LogP contribution < -0.4 is 5.32 Å². The molecule has 2 heterocycles. The van der Waals surface area contributed by atoms with E-state index >= 15 is 0 Å². The number of alkyl halides is 2. The maximum absolute atomic E-state index is 13.3. The van der Waals surface area contributed by atoms with Crippen LogP contribution in [0.15, 0.2) is 66.7 Å². The van der Waals surface area contributed by atoms with Crippen LogP contribution in [-0.4, -0.2) is 41.3 Å². The summed E-state index contributed by atoms with van der Waals surface area (Å²) in [5.41, 5.74) is 5.55. The topological polar surface area (TPSA) is 48.1 Å². The maximum Gasteiger partial charge on any atom is 0.250 e. The van der Waals surface area contributed by atoms with Crippen LogP contribution in [-0.2, 0) is 17.6 Å². The lowest BCUT2D eigenvalue weighted by atomic mass is 10.0. The zero-order chi connectivity index (χ0) is 22.8. The summed E-state index contributed by atoms with van der Waals surface area (Å²) in [7, 11) is 0. The highest BCUT2D eigenvalue weighted by molar-refractivity contribution is 6.08. The van der Waals surface area contributed by atoms with Gasteiger partial charge < -0.3 is 10.3 Å². The summed E-state index contributed by atoms with van der Waals surface area (Å²) in [6, 6.07) is 22.7. The first-order valence-electron chi connectivity index (χ1n) is 11.4. The molecular weight excluding hydrogens is 420 g/mol. The summed E-state index contributed by atoms with van der Waals surface area (Å²) in [5, 5.41) is 5.37. The normalized spacial score (nSPS) is 16.3. The largest absolute Gasteiger partial charge is 0.354 e. The number of H-pyrrole nitrogens is 1. The average molecular weight is 448 g/mol. The Morgan fingerprint density at radius 3 is 2.42 bits per heavy atom. The first-order valence-corrected chi connectivity index (χ1v) is 11.4. The number of hydrogen-bond acceptors (Lipinski definition) is 2. The van der Waals surface area contributed by atoms with Gasteiger partial charge in [0.15, 0.2) is 0 Å². The number of aromatic amines is 1. The highest BCUT2D eigenvalue weighted by Gasteiger charge is 2.34. The number of nitrogens with zero attached hydrogens (tertiary/aromatic N) is 1. The molecule has 170 valence electrons. The Bertz CT molecular complexity index is 1270. The molecule has 6 heteroatoms. The minimum Gasteiger partial charge on any atom is -0.354 e. The number of halogens is 2. The van der Waals surface area contributed by atoms with Crippen LogP contribution in [0.25, 0.3) is 21.8 Å². The lowest BCUT2D eigenvalue weighted by molar-refractivity contribution is -0.119. The van der Waals surface area contributed by atoms with E-state index in [1.165, 1.54) is 27.4 Å². The number of para-hydroxylation sites is 2. The summed E-state index contributed by atoms with van der Waals surface area (Å²) in [6.07, 6.45) is 1.45. The van der Waals surface area contributed by atoms with Crippen LogP contribution in [0.2, 0.25) is 0 Å². The minimum atomic E-state index is -2.59. The zero-order valence-corrected chi connectivity index (χ0v) is 18.4. The Hall–Kier alpha value is -3.25. The van der Waals surface area contributed by atoms with E-state index in [1.807, 2.05) is 30.3 Å². The average Bonchev–Trinajstić information content (AvgIpc) is 3.19.